The second-order valence-corrected chi connectivity index (χ2v) is 3.16. The predicted octanol–water partition coefficient (Wildman–Crippen LogP) is 0.135. The number of carboxylic acids is 1. The number of aromatic carboxylic acids is 1. The van der Waals surface area contributed by atoms with E-state index in [-0.39, 0.29) is 5.69 Å². The van der Waals surface area contributed by atoms with E-state index in [9.17, 15) is 4.79 Å². The summed E-state index contributed by atoms with van der Waals surface area (Å²) in [6.07, 6.45) is 1.91. The minimum atomic E-state index is -1.04. The third-order valence-corrected chi connectivity index (χ3v) is 2.10. The van der Waals surface area contributed by atoms with Gasteiger partial charge in [-0.2, -0.15) is 0 Å². The fraction of sp³-hybridized carbons (Fsp3) is 0.500. The van der Waals surface area contributed by atoms with E-state index in [0.717, 1.165) is 19.5 Å². The van der Waals surface area contributed by atoms with Crippen LogP contribution < -0.4 is 5.32 Å². The Hall–Kier alpha value is -1.36. The smallest absolute Gasteiger partial charge is 0.357 e. The molecule has 0 unspecified atom stereocenters. The third kappa shape index (κ3) is 1.70. The molecule has 2 rings (SSSR count). The first kappa shape index (κ1) is 8.25. The van der Waals surface area contributed by atoms with Gasteiger partial charge in [-0.1, -0.05) is 0 Å². The van der Waals surface area contributed by atoms with Crippen LogP contribution in [0.3, 0.4) is 0 Å². The van der Waals surface area contributed by atoms with Crippen LogP contribution in [0, 0.1) is 5.92 Å². The monoisotopic (exact) mass is 182 g/mol. The van der Waals surface area contributed by atoms with Crippen LogP contribution in [0.15, 0.2) is 10.7 Å². The maximum atomic E-state index is 10.4. The van der Waals surface area contributed by atoms with E-state index in [2.05, 4.69) is 10.3 Å². The van der Waals surface area contributed by atoms with Gasteiger partial charge < -0.3 is 14.8 Å². The van der Waals surface area contributed by atoms with Crippen LogP contribution in [0.4, 0.5) is 0 Å². The Morgan fingerprint density at radius 3 is 3.00 bits per heavy atom. The van der Waals surface area contributed by atoms with Crippen LogP contribution in [0.2, 0.25) is 0 Å². The van der Waals surface area contributed by atoms with Crippen LogP contribution in [0.25, 0.3) is 0 Å². The maximum Gasteiger partial charge on any atom is 0.357 e. The van der Waals surface area contributed by atoms with Crippen LogP contribution >= 0.6 is 0 Å². The summed E-state index contributed by atoms with van der Waals surface area (Å²) in [4.78, 5) is 14.3. The first-order valence-corrected chi connectivity index (χ1v) is 4.14. The molecule has 0 radical (unpaired) electrons. The van der Waals surface area contributed by atoms with E-state index in [1.807, 2.05) is 0 Å². The molecule has 0 bridgehead atoms. The highest BCUT2D eigenvalue weighted by Gasteiger charge is 2.20. The van der Waals surface area contributed by atoms with Crippen molar-refractivity contribution >= 4 is 5.97 Å². The lowest BCUT2D eigenvalue weighted by molar-refractivity contribution is 0.0690. The molecule has 1 aliphatic rings. The van der Waals surface area contributed by atoms with Crippen molar-refractivity contribution in [3.8, 4) is 0 Å². The van der Waals surface area contributed by atoms with Crippen molar-refractivity contribution in [1.82, 2.24) is 10.3 Å². The van der Waals surface area contributed by atoms with Gasteiger partial charge in [0.15, 0.2) is 11.6 Å². The maximum absolute atomic E-state index is 10.4. The summed E-state index contributed by atoms with van der Waals surface area (Å²) < 4.78 is 5.01. The molecule has 2 N–H and O–H groups in total. The van der Waals surface area contributed by atoms with Gasteiger partial charge in [0.2, 0.25) is 0 Å². The molecule has 1 aromatic heterocycles. The van der Waals surface area contributed by atoms with Gasteiger partial charge in [-0.05, 0) is 19.0 Å². The number of carbonyl (C=O) groups is 1. The zero-order valence-corrected chi connectivity index (χ0v) is 6.99. The Labute approximate surface area is 74.8 Å². The lowest BCUT2D eigenvalue weighted by Gasteiger charge is -2.25. The molecule has 1 fully saturated rings. The Kier molecular flexibility index (Phi) is 2.02. The molecule has 5 heteroatoms. The molecule has 0 saturated carbocycles. The van der Waals surface area contributed by atoms with Crippen molar-refractivity contribution in [2.75, 3.05) is 13.1 Å². The highest BCUT2D eigenvalue weighted by atomic mass is 16.4. The molecule has 5 nitrogen and oxygen atoms in total. The number of rotatable bonds is 3. The van der Waals surface area contributed by atoms with Crippen molar-refractivity contribution < 1.29 is 14.3 Å². The quantitative estimate of drug-likeness (QED) is 0.695. The Balaban J connectivity index is 2.00. The van der Waals surface area contributed by atoms with Crippen molar-refractivity contribution in [1.29, 1.82) is 0 Å². The highest BCUT2D eigenvalue weighted by molar-refractivity contribution is 5.84. The molecule has 0 atom stereocenters. The first-order chi connectivity index (χ1) is 6.25. The number of hydrogen-bond donors (Lipinski definition) is 2. The molecule has 0 amide bonds. The standard InChI is InChI=1S/C8H10N2O3/c11-8(12)6-4-13-7(10-6)1-5-2-9-3-5/h4-5,9H,1-3H2,(H,11,12). The zero-order chi connectivity index (χ0) is 9.26. The molecule has 0 aromatic carbocycles. The molecule has 13 heavy (non-hydrogen) atoms. The van der Waals surface area contributed by atoms with Gasteiger partial charge in [0.25, 0.3) is 0 Å². The second-order valence-electron chi connectivity index (χ2n) is 3.16. The summed E-state index contributed by atoms with van der Waals surface area (Å²) in [5, 5.41) is 11.7. The molecule has 1 aliphatic heterocycles. The molecule has 2 heterocycles. The van der Waals surface area contributed by atoms with Gasteiger partial charge in [-0.15, -0.1) is 0 Å². The molecule has 0 aliphatic carbocycles. The normalized spacial score (nSPS) is 16.9. The SMILES string of the molecule is O=C(O)c1coc(CC2CNC2)n1. The Morgan fingerprint density at radius 2 is 2.54 bits per heavy atom. The number of nitrogens with one attached hydrogen (secondary N) is 1. The summed E-state index contributed by atoms with van der Waals surface area (Å²) in [5.74, 6) is 0.0194. The summed E-state index contributed by atoms with van der Waals surface area (Å²) in [6.45, 7) is 1.93. The van der Waals surface area contributed by atoms with Gasteiger partial charge in [0.1, 0.15) is 6.26 Å². The van der Waals surface area contributed by atoms with Gasteiger partial charge >= 0.3 is 5.97 Å². The van der Waals surface area contributed by atoms with Gasteiger partial charge in [-0.3, -0.25) is 0 Å². The van der Waals surface area contributed by atoms with E-state index in [1.165, 1.54) is 6.26 Å². The van der Waals surface area contributed by atoms with Crippen LogP contribution in [0.5, 0.6) is 0 Å². The largest absolute Gasteiger partial charge is 0.476 e. The highest BCUT2D eigenvalue weighted by Crippen LogP contribution is 2.12. The predicted molar refractivity (Wildman–Crippen MR) is 43.5 cm³/mol. The molecule has 0 spiro atoms. The van der Waals surface area contributed by atoms with E-state index >= 15 is 0 Å². The summed E-state index contributed by atoms with van der Waals surface area (Å²) >= 11 is 0. The van der Waals surface area contributed by atoms with Gasteiger partial charge in [-0.25, -0.2) is 9.78 Å². The third-order valence-electron chi connectivity index (χ3n) is 2.10. The molecule has 1 aromatic rings. The number of nitrogens with zero attached hydrogens (tertiary/aromatic N) is 1. The van der Waals surface area contributed by atoms with E-state index in [4.69, 9.17) is 9.52 Å². The van der Waals surface area contributed by atoms with Crippen molar-refractivity contribution in [3.63, 3.8) is 0 Å². The summed E-state index contributed by atoms with van der Waals surface area (Å²) in [5.41, 5.74) is -0.0118. The van der Waals surface area contributed by atoms with Crippen LogP contribution in [-0.2, 0) is 6.42 Å². The first-order valence-electron chi connectivity index (χ1n) is 4.14. The number of oxazole rings is 1. The fourth-order valence-electron chi connectivity index (χ4n) is 1.24. The lowest BCUT2D eigenvalue weighted by atomic mass is 10.00. The van der Waals surface area contributed by atoms with Gasteiger partial charge in [0.05, 0.1) is 0 Å². The average molecular weight is 182 g/mol. The molecule has 1 saturated heterocycles. The van der Waals surface area contributed by atoms with E-state index in [1.54, 1.807) is 0 Å². The molecular weight excluding hydrogens is 172 g/mol. The van der Waals surface area contributed by atoms with Crippen molar-refractivity contribution in [2.24, 2.45) is 5.92 Å². The molecule has 70 valence electrons. The van der Waals surface area contributed by atoms with Gasteiger partial charge in [0, 0.05) is 6.42 Å². The topological polar surface area (TPSA) is 75.4 Å². The average Bonchev–Trinajstić information content (AvgIpc) is 2.44. The van der Waals surface area contributed by atoms with Crippen molar-refractivity contribution in [3.05, 3.63) is 17.8 Å². The van der Waals surface area contributed by atoms with Crippen LogP contribution in [0.1, 0.15) is 16.4 Å². The number of carboxylic acid groups (broad SMARTS) is 1. The summed E-state index contributed by atoms with van der Waals surface area (Å²) in [6, 6.07) is 0. The molecular formula is C8H10N2O3. The number of hydrogen-bond acceptors (Lipinski definition) is 4. The van der Waals surface area contributed by atoms with Crippen LogP contribution in [-0.4, -0.2) is 29.1 Å². The Bertz CT molecular complexity index is 317. The van der Waals surface area contributed by atoms with Crippen molar-refractivity contribution in [2.45, 2.75) is 6.42 Å². The lowest BCUT2D eigenvalue weighted by Crippen LogP contribution is -2.43. The Morgan fingerprint density at radius 1 is 1.77 bits per heavy atom. The zero-order valence-electron chi connectivity index (χ0n) is 6.99. The minimum Gasteiger partial charge on any atom is -0.476 e. The fourth-order valence-corrected chi connectivity index (χ4v) is 1.24. The number of aromatic nitrogens is 1. The minimum absolute atomic E-state index is 0.0118. The second kappa shape index (κ2) is 3.18. The van der Waals surface area contributed by atoms with E-state index in [0.29, 0.717) is 11.8 Å². The summed E-state index contributed by atoms with van der Waals surface area (Å²) in [7, 11) is 0. The van der Waals surface area contributed by atoms with E-state index < -0.39 is 5.97 Å².